The number of carbonyl (C=O) groups is 1. The number of hydrogen-bond acceptors (Lipinski definition) is 2. The fourth-order valence-corrected chi connectivity index (χ4v) is 3.01. The van der Waals surface area contributed by atoms with E-state index in [2.05, 4.69) is 17.2 Å². The minimum absolute atomic E-state index is 0.249. The molecule has 2 aromatic heterocycles. The smallest absolute Gasteiger partial charge is 0.274 e. The zero-order valence-corrected chi connectivity index (χ0v) is 14.9. The number of anilines is 1. The van der Waals surface area contributed by atoms with E-state index in [0.717, 1.165) is 29.7 Å². The monoisotopic (exact) mass is 361 g/mol. The van der Waals surface area contributed by atoms with Gasteiger partial charge in [0, 0.05) is 11.2 Å². The lowest BCUT2D eigenvalue weighted by Crippen LogP contribution is -2.16. The van der Waals surface area contributed by atoms with Gasteiger partial charge in [-0.25, -0.2) is 4.98 Å². The van der Waals surface area contributed by atoms with Gasteiger partial charge in [0.1, 0.15) is 11.3 Å². The third-order valence-electron chi connectivity index (χ3n) is 3.80. The zero-order chi connectivity index (χ0) is 17.3. The van der Waals surface area contributed by atoms with Crippen LogP contribution in [0.2, 0.25) is 10.0 Å². The molecule has 0 spiro atoms. The van der Waals surface area contributed by atoms with Gasteiger partial charge in [-0.1, -0.05) is 42.6 Å². The van der Waals surface area contributed by atoms with Crippen LogP contribution in [0.15, 0.2) is 36.5 Å². The molecule has 4 nitrogen and oxygen atoms in total. The summed E-state index contributed by atoms with van der Waals surface area (Å²) in [6.45, 7) is 4.04. The lowest BCUT2D eigenvalue weighted by Gasteiger charge is -2.09. The van der Waals surface area contributed by atoms with Gasteiger partial charge in [0.15, 0.2) is 0 Å². The van der Waals surface area contributed by atoms with E-state index >= 15 is 0 Å². The van der Waals surface area contributed by atoms with Crippen LogP contribution in [0, 0.1) is 6.92 Å². The number of hydrogen-bond donors (Lipinski definition) is 1. The number of carbonyl (C=O) groups excluding carboxylic acids is 1. The quantitative estimate of drug-likeness (QED) is 0.697. The highest BCUT2D eigenvalue weighted by Crippen LogP contribution is 2.27. The first-order chi connectivity index (χ1) is 11.5. The summed E-state index contributed by atoms with van der Waals surface area (Å²) < 4.78 is 1.83. The van der Waals surface area contributed by atoms with Crippen molar-refractivity contribution in [3.8, 4) is 0 Å². The summed E-state index contributed by atoms with van der Waals surface area (Å²) in [5, 5.41) is 3.80. The Kier molecular flexibility index (Phi) is 4.78. The van der Waals surface area contributed by atoms with Crippen molar-refractivity contribution in [2.45, 2.75) is 26.7 Å². The average Bonchev–Trinajstić information content (AvgIpc) is 2.91. The predicted molar refractivity (Wildman–Crippen MR) is 98.3 cm³/mol. The molecule has 24 heavy (non-hydrogen) atoms. The molecule has 3 rings (SSSR count). The van der Waals surface area contributed by atoms with Crippen LogP contribution >= 0.6 is 23.2 Å². The van der Waals surface area contributed by atoms with Crippen LogP contribution in [0.5, 0.6) is 0 Å². The van der Waals surface area contributed by atoms with Crippen molar-refractivity contribution in [3.63, 3.8) is 0 Å². The molecule has 0 fully saturated rings. The highest BCUT2D eigenvalue weighted by atomic mass is 35.5. The van der Waals surface area contributed by atoms with Gasteiger partial charge in [-0.15, -0.1) is 0 Å². The summed E-state index contributed by atoms with van der Waals surface area (Å²) in [6.07, 6.45) is 3.48. The van der Waals surface area contributed by atoms with E-state index in [1.807, 2.05) is 29.7 Å². The fraction of sp³-hybridized carbons (Fsp3) is 0.222. The number of imidazole rings is 1. The van der Waals surface area contributed by atoms with Gasteiger partial charge in [-0.2, -0.15) is 0 Å². The van der Waals surface area contributed by atoms with E-state index in [9.17, 15) is 4.79 Å². The number of fused-ring (bicyclic) bond motifs is 1. The minimum atomic E-state index is -0.249. The van der Waals surface area contributed by atoms with Crippen LogP contribution in [0.4, 0.5) is 5.69 Å². The lowest BCUT2D eigenvalue weighted by molar-refractivity contribution is 0.102. The number of rotatable bonds is 4. The molecule has 2 heterocycles. The summed E-state index contributed by atoms with van der Waals surface area (Å²) in [4.78, 5) is 17.5. The SMILES string of the molecule is CCCc1nc2c(C)cccn2c1C(=O)Nc1cc(Cl)ccc1Cl. The Morgan fingerprint density at radius 3 is 2.83 bits per heavy atom. The van der Waals surface area contributed by atoms with Gasteiger partial charge in [0.05, 0.1) is 16.4 Å². The number of aromatic nitrogens is 2. The van der Waals surface area contributed by atoms with Crippen molar-refractivity contribution in [1.29, 1.82) is 0 Å². The number of amides is 1. The second-order valence-electron chi connectivity index (χ2n) is 5.62. The Hall–Kier alpha value is -2.04. The van der Waals surface area contributed by atoms with Crippen molar-refractivity contribution in [2.75, 3.05) is 5.32 Å². The largest absolute Gasteiger partial charge is 0.319 e. The molecule has 0 saturated heterocycles. The van der Waals surface area contributed by atoms with Gasteiger partial charge in [0.2, 0.25) is 0 Å². The maximum Gasteiger partial charge on any atom is 0.274 e. The highest BCUT2D eigenvalue weighted by Gasteiger charge is 2.20. The van der Waals surface area contributed by atoms with Crippen LogP contribution < -0.4 is 5.32 Å². The van der Waals surface area contributed by atoms with Crippen LogP contribution in [0.3, 0.4) is 0 Å². The van der Waals surface area contributed by atoms with Gasteiger partial charge in [-0.3, -0.25) is 9.20 Å². The zero-order valence-electron chi connectivity index (χ0n) is 13.4. The fourth-order valence-electron chi connectivity index (χ4n) is 2.68. The van der Waals surface area contributed by atoms with E-state index < -0.39 is 0 Å². The normalized spacial score (nSPS) is 11.0. The first-order valence-corrected chi connectivity index (χ1v) is 8.49. The molecule has 1 N–H and O–H groups in total. The molecule has 0 aliphatic heterocycles. The van der Waals surface area contributed by atoms with Crippen molar-refractivity contribution < 1.29 is 4.79 Å². The number of benzene rings is 1. The molecule has 0 aliphatic rings. The topological polar surface area (TPSA) is 46.4 Å². The Labute approximate surface area is 150 Å². The maximum atomic E-state index is 12.9. The second-order valence-corrected chi connectivity index (χ2v) is 6.46. The van der Waals surface area contributed by atoms with Crippen LogP contribution in [-0.4, -0.2) is 15.3 Å². The first kappa shape index (κ1) is 16.8. The molecule has 0 bridgehead atoms. The van der Waals surface area contributed by atoms with Crippen molar-refractivity contribution in [2.24, 2.45) is 0 Å². The number of nitrogens with zero attached hydrogens (tertiary/aromatic N) is 2. The summed E-state index contributed by atoms with van der Waals surface area (Å²) >= 11 is 12.1. The Balaban J connectivity index is 2.07. The first-order valence-electron chi connectivity index (χ1n) is 7.74. The number of nitrogens with one attached hydrogen (secondary N) is 1. The maximum absolute atomic E-state index is 12.9. The molecule has 0 atom stereocenters. The summed E-state index contributed by atoms with van der Waals surface area (Å²) in [7, 11) is 0. The average molecular weight is 362 g/mol. The summed E-state index contributed by atoms with van der Waals surface area (Å²) in [5.41, 5.74) is 3.62. The van der Waals surface area contributed by atoms with Crippen LogP contribution in [0.1, 0.15) is 35.1 Å². The molecule has 0 unspecified atom stereocenters. The van der Waals surface area contributed by atoms with Crippen LogP contribution in [0.25, 0.3) is 5.65 Å². The second kappa shape index (κ2) is 6.83. The third kappa shape index (κ3) is 3.12. The summed E-state index contributed by atoms with van der Waals surface area (Å²) in [5.74, 6) is -0.249. The van der Waals surface area contributed by atoms with E-state index in [-0.39, 0.29) is 5.91 Å². The highest BCUT2D eigenvalue weighted by molar-refractivity contribution is 6.35. The molecule has 0 radical (unpaired) electrons. The van der Waals surface area contributed by atoms with Gasteiger partial charge in [-0.05, 0) is 43.2 Å². The van der Waals surface area contributed by atoms with Gasteiger partial charge < -0.3 is 5.32 Å². The third-order valence-corrected chi connectivity index (χ3v) is 4.36. The molecule has 0 aliphatic carbocycles. The molecule has 1 amide bonds. The standard InChI is InChI=1S/C18H17Cl2N3O/c1-3-5-14-16(23-9-4-6-11(2)17(23)21-14)18(24)22-15-10-12(19)7-8-13(15)20/h4,6-10H,3,5H2,1-2H3,(H,22,24). The van der Waals surface area contributed by atoms with E-state index in [1.54, 1.807) is 18.2 Å². The molecular formula is C18H17Cl2N3O. The van der Waals surface area contributed by atoms with E-state index in [4.69, 9.17) is 23.2 Å². The Bertz CT molecular complexity index is 918. The van der Waals surface area contributed by atoms with Gasteiger partial charge >= 0.3 is 0 Å². The summed E-state index contributed by atoms with van der Waals surface area (Å²) in [6, 6.07) is 8.86. The molecule has 3 aromatic rings. The van der Waals surface area contributed by atoms with E-state index in [1.165, 1.54) is 0 Å². The molecular weight excluding hydrogens is 345 g/mol. The van der Waals surface area contributed by atoms with Crippen LogP contribution in [-0.2, 0) is 6.42 Å². The number of pyridine rings is 1. The predicted octanol–water partition coefficient (Wildman–Crippen LogP) is 5.15. The number of aryl methyl sites for hydroxylation is 2. The molecule has 6 heteroatoms. The lowest BCUT2D eigenvalue weighted by atomic mass is 10.2. The van der Waals surface area contributed by atoms with Crippen molar-refractivity contribution in [1.82, 2.24) is 9.38 Å². The molecule has 0 saturated carbocycles. The molecule has 124 valence electrons. The van der Waals surface area contributed by atoms with E-state index in [0.29, 0.717) is 21.4 Å². The minimum Gasteiger partial charge on any atom is -0.319 e. The molecule has 1 aromatic carbocycles. The van der Waals surface area contributed by atoms with Crippen molar-refractivity contribution in [3.05, 3.63) is 63.5 Å². The van der Waals surface area contributed by atoms with Crippen molar-refractivity contribution >= 4 is 40.4 Å². The Morgan fingerprint density at radius 1 is 1.29 bits per heavy atom. The van der Waals surface area contributed by atoms with Gasteiger partial charge in [0.25, 0.3) is 5.91 Å². The Morgan fingerprint density at radius 2 is 2.08 bits per heavy atom. The number of halogens is 2.